The van der Waals surface area contributed by atoms with E-state index in [4.69, 9.17) is 0 Å². The summed E-state index contributed by atoms with van der Waals surface area (Å²) in [6, 6.07) is 18.0. The maximum Gasteiger partial charge on any atom is 0.288 e. The van der Waals surface area contributed by atoms with E-state index >= 15 is 0 Å². The third kappa shape index (κ3) is 4.05. The van der Waals surface area contributed by atoms with E-state index in [0.29, 0.717) is 0 Å². The molecule has 0 amide bonds. The molecule has 0 nitrogen and oxygen atoms in total. The van der Waals surface area contributed by atoms with Crippen LogP contribution in [0.15, 0.2) is 65.4 Å². The summed E-state index contributed by atoms with van der Waals surface area (Å²) >= 11 is 15.2. The van der Waals surface area contributed by atoms with E-state index in [0.717, 1.165) is 0 Å². The Morgan fingerprint density at radius 3 is 1.12 bits per heavy atom. The van der Waals surface area contributed by atoms with Gasteiger partial charge >= 0.3 is 0 Å². The van der Waals surface area contributed by atoms with Gasteiger partial charge in [-0.1, -0.05) is 95.6 Å². The molecule has 8 heteroatoms. The Labute approximate surface area is 221 Å². The first-order valence-corrected chi connectivity index (χ1v) is 17.9. The van der Waals surface area contributed by atoms with Crippen molar-refractivity contribution >= 4 is 114 Å². The lowest BCUT2D eigenvalue weighted by molar-refractivity contribution is 1.54. The predicted octanol–water partition coefficient (Wildman–Crippen LogP) is 11.0. The summed E-state index contributed by atoms with van der Waals surface area (Å²) in [5.41, 5.74) is 2.78. The summed E-state index contributed by atoms with van der Waals surface area (Å²) in [6.45, 7) is 0. The van der Waals surface area contributed by atoms with Gasteiger partial charge in [-0.2, -0.15) is 0 Å². The van der Waals surface area contributed by atoms with Crippen LogP contribution in [0.3, 0.4) is 0 Å². The van der Waals surface area contributed by atoms with Crippen molar-refractivity contribution < 1.29 is 0 Å². The van der Waals surface area contributed by atoms with E-state index in [1.807, 2.05) is 92.4 Å². The Bertz CT molecular complexity index is 1220. The molecule has 3 aromatic carbocycles. The van der Waals surface area contributed by atoms with E-state index in [9.17, 15) is 0 Å². The maximum absolute atomic E-state index is 2.31. The summed E-state index contributed by atoms with van der Waals surface area (Å²) < 4.78 is 8.49. The quantitative estimate of drug-likeness (QED) is 0.114. The predicted molar refractivity (Wildman–Crippen MR) is 160 cm³/mol. The van der Waals surface area contributed by atoms with Gasteiger partial charge in [0.15, 0.2) is 0 Å². The van der Waals surface area contributed by atoms with Gasteiger partial charge in [-0.25, -0.2) is 0 Å². The van der Waals surface area contributed by atoms with Gasteiger partial charge in [-0.05, 0) is 46.6 Å². The highest BCUT2D eigenvalue weighted by molar-refractivity contribution is 8.05. The lowest BCUT2D eigenvalue weighted by Gasteiger charge is -2.10. The van der Waals surface area contributed by atoms with Gasteiger partial charge in [0, 0.05) is 0 Å². The first kappa shape index (κ1) is 23.4. The van der Waals surface area contributed by atoms with Crippen LogP contribution in [0.5, 0.6) is 0 Å². The van der Waals surface area contributed by atoms with Crippen molar-refractivity contribution in [3.05, 3.63) is 48.5 Å². The zero-order valence-corrected chi connectivity index (χ0v) is 24.4. The SMILES string of the molecule is CSc1sc(-c2c3ccccc3c(-c3sc(SC)c(SC)[s+]3)c3ccccc23)[s+]c1SC. The molecule has 0 N–H and O–H groups in total. The topological polar surface area (TPSA) is 0 Å². The molecule has 0 radical (unpaired) electrons. The zero-order valence-electron chi connectivity index (χ0n) is 17.9. The molecular weight excluding hydrogens is 545 g/mol. The number of benzene rings is 3. The standard InChI is InChI=1S/C24H20S8/c1-25-21-22(26-2)30-19(29-21)17-13-9-5-7-11-15(13)18(16-12-8-6-10-14(16)17)20-31-23(27-3)24(28-4)32-20/h5-12H,1-4H3/q+2. The fourth-order valence-electron chi connectivity index (χ4n) is 3.82. The van der Waals surface area contributed by atoms with E-state index < -0.39 is 0 Å². The molecule has 0 unspecified atom stereocenters. The average molecular weight is 565 g/mol. The number of rotatable bonds is 6. The van der Waals surface area contributed by atoms with Crippen LogP contribution in [0, 0.1) is 0 Å². The largest absolute Gasteiger partial charge is 0.288 e. The monoisotopic (exact) mass is 564 g/mol. The highest BCUT2D eigenvalue weighted by Crippen LogP contribution is 2.53. The minimum atomic E-state index is 1.36. The first-order valence-electron chi connectivity index (χ1n) is 9.74. The number of thioether (sulfide) groups is 4. The van der Waals surface area contributed by atoms with Gasteiger partial charge in [0.1, 0.15) is 45.3 Å². The van der Waals surface area contributed by atoms with Crippen LogP contribution in [0.4, 0.5) is 0 Å². The van der Waals surface area contributed by atoms with Crippen molar-refractivity contribution in [2.24, 2.45) is 0 Å². The molecule has 2 heterocycles. The Kier molecular flexibility index (Phi) is 7.41. The van der Waals surface area contributed by atoms with Crippen molar-refractivity contribution in [3.8, 4) is 19.5 Å². The molecule has 5 rings (SSSR count). The zero-order chi connectivity index (χ0) is 22.2. The van der Waals surface area contributed by atoms with Crippen LogP contribution in [0.2, 0.25) is 0 Å². The third-order valence-corrected chi connectivity index (χ3v) is 15.6. The highest BCUT2D eigenvalue weighted by Gasteiger charge is 2.31. The van der Waals surface area contributed by atoms with Crippen LogP contribution >= 0.6 is 92.4 Å². The second-order valence-electron chi connectivity index (χ2n) is 6.79. The van der Waals surface area contributed by atoms with E-state index in [2.05, 4.69) is 73.6 Å². The van der Waals surface area contributed by atoms with E-state index in [1.165, 1.54) is 57.9 Å². The molecule has 162 valence electrons. The average Bonchev–Trinajstić information content (AvgIpc) is 3.45. The lowest BCUT2D eigenvalue weighted by atomic mass is 9.93. The van der Waals surface area contributed by atoms with Crippen molar-refractivity contribution in [1.82, 2.24) is 0 Å². The highest BCUT2D eigenvalue weighted by atomic mass is 32.2. The lowest BCUT2D eigenvalue weighted by Crippen LogP contribution is -1.87. The van der Waals surface area contributed by atoms with Crippen LogP contribution < -0.4 is 0 Å². The molecule has 0 saturated heterocycles. The fourth-order valence-corrected chi connectivity index (χ4v) is 14.1. The van der Waals surface area contributed by atoms with Crippen LogP contribution in [0.25, 0.3) is 41.1 Å². The summed E-state index contributed by atoms with van der Waals surface area (Å²) in [5, 5.41) is 5.43. The Morgan fingerprint density at radius 1 is 0.531 bits per heavy atom. The fraction of sp³-hybridized carbons (Fsp3) is 0.167. The second kappa shape index (κ2) is 10.1. The van der Waals surface area contributed by atoms with E-state index in [-0.39, 0.29) is 0 Å². The molecule has 2 aromatic heterocycles. The van der Waals surface area contributed by atoms with Gasteiger partial charge in [0.2, 0.25) is 16.8 Å². The molecule has 0 fully saturated rings. The van der Waals surface area contributed by atoms with Crippen LogP contribution in [0.1, 0.15) is 0 Å². The minimum Gasteiger partial charge on any atom is -0.0908 e. The molecule has 0 aliphatic carbocycles. The number of hydrogen-bond acceptors (Lipinski definition) is 6. The minimum absolute atomic E-state index is 1.36. The Balaban J connectivity index is 1.90. The van der Waals surface area contributed by atoms with Crippen LogP contribution in [-0.2, 0) is 0 Å². The summed E-state index contributed by atoms with van der Waals surface area (Å²) in [6.07, 6.45) is 8.75. The molecule has 0 spiro atoms. The molecular formula is C24H20S8+2. The second-order valence-corrected chi connectivity index (χ2v) is 15.7. The number of hydrogen-bond donors (Lipinski definition) is 0. The smallest absolute Gasteiger partial charge is 0.0908 e. The first-order chi connectivity index (χ1) is 15.7. The molecule has 0 saturated carbocycles. The molecule has 0 aliphatic heterocycles. The normalized spacial score (nSPS) is 11.6. The van der Waals surface area contributed by atoms with Gasteiger partial charge in [-0.3, -0.25) is 0 Å². The van der Waals surface area contributed by atoms with Crippen molar-refractivity contribution in [3.63, 3.8) is 0 Å². The summed E-state index contributed by atoms with van der Waals surface area (Å²) in [7, 11) is 0. The molecule has 0 bridgehead atoms. The van der Waals surface area contributed by atoms with Gasteiger partial charge in [0.05, 0.1) is 11.1 Å². The third-order valence-electron chi connectivity index (χ3n) is 5.16. The van der Waals surface area contributed by atoms with Crippen molar-refractivity contribution in [1.29, 1.82) is 0 Å². The Hall–Kier alpha value is -0.320. The molecule has 0 atom stereocenters. The van der Waals surface area contributed by atoms with Gasteiger partial charge < -0.3 is 0 Å². The summed E-state index contributed by atoms with van der Waals surface area (Å²) in [4.78, 5) is 0. The molecule has 32 heavy (non-hydrogen) atoms. The van der Waals surface area contributed by atoms with Crippen LogP contribution in [-0.4, -0.2) is 25.0 Å². The maximum atomic E-state index is 2.31. The Morgan fingerprint density at radius 2 is 0.875 bits per heavy atom. The number of fused-ring (bicyclic) bond motifs is 2. The van der Waals surface area contributed by atoms with Gasteiger partial charge in [-0.15, -0.1) is 0 Å². The van der Waals surface area contributed by atoms with Crippen molar-refractivity contribution in [2.75, 3.05) is 25.0 Å². The summed E-state index contributed by atoms with van der Waals surface area (Å²) in [5.74, 6) is 0. The molecule has 5 aromatic rings. The van der Waals surface area contributed by atoms with Crippen molar-refractivity contribution in [2.45, 2.75) is 16.8 Å². The van der Waals surface area contributed by atoms with Gasteiger partial charge in [0.25, 0.3) is 8.38 Å². The molecule has 0 aliphatic rings. The van der Waals surface area contributed by atoms with E-state index in [1.54, 1.807) is 0 Å².